The summed E-state index contributed by atoms with van der Waals surface area (Å²) in [5, 5.41) is 13.2. The highest BCUT2D eigenvalue weighted by molar-refractivity contribution is 6.31. The van der Waals surface area contributed by atoms with Gasteiger partial charge in [0.15, 0.2) is 17.7 Å². The maximum Gasteiger partial charge on any atom is 0.251 e. The van der Waals surface area contributed by atoms with E-state index in [2.05, 4.69) is 5.32 Å². The Hall–Kier alpha value is -2.60. The van der Waals surface area contributed by atoms with E-state index in [1.807, 2.05) is 26.0 Å². The van der Waals surface area contributed by atoms with Gasteiger partial charge >= 0.3 is 0 Å². The second-order valence-electron chi connectivity index (χ2n) is 7.72. The molecule has 0 fully saturated rings. The summed E-state index contributed by atoms with van der Waals surface area (Å²) >= 11 is 12.4. The molecule has 1 amide bonds. The number of rotatable bonds is 8. The van der Waals surface area contributed by atoms with Gasteiger partial charge in [-0.2, -0.15) is 0 Å². The van der Waals surface area contributed by atoms with Crippen molar-refractivity contribution in [2.75, 3.05) is 6.61 Å². The standard InChI is InChI=1S/C25H24Cl2FNO3/c1-15(2)22(14-30)29-25(31)17-9-12-23(21(28)13-17)32-24(16-7-10-18(26)11-8-16)19-5-3-4-6-20(19)27/h3-13,15,22,24,30H,14H2,1-2H3,(H,29,31). The molecule has 0 spiro atoms. The van der Waals surface area contributed by atoms with Gasteiger partial charge in [-0.15, -0.1) is 0 Å². The molecule has 7 heteroatoms. The summed E-state index contributed by atoms with van der Waals surface area (Å²) < 4.78 is 21.0. The first-order valence-corrected chi connectivity index (χ1v) is 10.9. The van der Waals surface area contributed by atoms with Gasteiger partial charge in [-0.05, 0) is 47.9 Å². The Morgan fingerprint density at radius 3 is 2.34 bits per heavy atom. The van der Waals surface area contributed by atoms with Crippen LogP contribution in [0.3, 0.4) is 0 Å². The SMILES string of the molecule is CC(C)C(CO)NC(=O)c1ccc(OC(c2ccc(Cl)cc2)c2ccccc2Cl)c(F)c1. The van der Waals surface area contributed by atoms with Crippen molar-refractivity contribution in [3.8, 4) is 5.75 Å². The fourth-order valence-electron chi connectivity index (χ4n) is 3.18. The Labute approximate surface area is 196 Å². The molecule has 0 radical (unpaired) electrons. The molecular formula is C25H24Cl2FNO3. The summed E-state index contributed by atoms with van der Waals surface area (Å²) in [6.45, 7) is 3.56. The lowest BCUT2D eigenvalue weighted by atomic mass is 10.0. The van der Waals surface area contributed by atoms with Crippen molar-refractivity contribution in [3.63, 3.8) is 0 Å². The van der Waals surface area contributed by atoms with Crippen molar-refractivity contribution in [2.45, 2.75) is 26.0 Å². The molecule has 168 valence electrons. The fraction of sp³-hybridized carbons (Fsp3) is 0.240. The molecule has 0 aliphatic rings. The molecule has 32 heavy (non-hydrogen) atoms. The van der Waals surface area contributed by atoms with Crippen LogP contribution in [0.1, 0.15) is 41.4 Å². The first-order valence-electron chi connectivity index (χ1n) is 10.2. The summed E-state index contributed by atoms with van der Waals surface area (Å²) in [6, 6.07) is 17.8. The molecule has 3 aromatic carbocycles. The lowest BCUT2D eigenvalue weighted by Gasteiger charge is -2.22. The van der Waals surface area contributed by atoms with Crippen LogP contribution in [0.15, 0.2) is 66.7 Å². The summed E-state index contributed by atoms with van der Waals surface area (Å²) in [7, 11) is 0. The van der Waals surface area contributed by atoms with Crippen molar-refractivity contribution in [1.82, 2.24) is 5.32 Å². The van der Waals surface area contributed by atoms with Crippen LogP contribution in [-0.2, 0) is 0 Å². The molecule has 4 nitrogen and oxygen atoms in total. The molecule has 0 saturated carbocycles. The zero-order valence-electron chi connectivity index (χ0n) is 17.7. The van der Waals surface area contributed by atoms with Crippen LogP contribution in [0.5, 0.6) is 5.75 Å². The molecule has 0 saturated heterocycles. The highest BCUT2D eigenvalue weighted by atomic mass is 35.5. The largest absolute Gasteiger partial charge is 0.478 e. The van der Waals surface area contributed by atoms with E-state index in [0.29, 0.717) is 15.6 Å². The van der Waals surface area contributed by atoms with Crippen molar-refractivity contribution in [3.05, 3.63) is 99.3 Å². The van der Waals surface area contributed by atoms with Crippen molar-refractivity contribution in [2.24, 2.45) is 5.92 Å². The molecular weight excluding hydrogens is 452 g/mol. The first-order chi connectivity index (χ1) is 15.3. The molecule has 0 aliphatic carbocycles. The molecule has 2 atom stereocenters. The number of aliphatic hydroxyl groups is 1. The highest BCUT2D eigenvalue weighted by Crippen LogP contribution is 2.34. The zero-order chi connectivity index (χ0) is 23.3. The predicted molar refractivity (Wildman–Crippen MR) is 125 cm³/mol. The molecule has 0 heterocycles. The van der Waals surface area contributed by atoms with Crippen molar-refractivity contribution < 1.29 is 19.0 Å². The van der Waals surface area contributed by atoms with Gasteiger partial charge in [0, 0.05) is 21.2 Å². The van der Waals surface area contributed by atoms with E-state index in [4.69, 9.17) is 27.9 Å². The molecule has 3 rings (SSSR count). The molecule has 2 N–H and O–H groups in total. The number of carbonyl (C=O) groups excluding carboxylic acids is 1. The molecule has 2 unspecified atom stereocenters. The average molecular weight is 476 g/mol. The van der Waals surface area contributed by atoms with Gasteiger partial charge in [0.05, 0.1) is 12.6 Å². The van der Waals surface area contributed by atoms with Gasteiger partial charge in [0.25, 0.3) is 5.91 Å². The maximum absolute atomic E-state index is 14.9. The van der Waals surface area contributed by atoms with Gasteiger partial charge in [-0.3, -0.25) is 4.79 Å². The minimum absolute atomic E-state index is 0.0241. The number of halogens is 3. The topological polar surface area (TPSA) is 58.6 Å². The van der Waals surface area contributed by atoms with Crippen LogP contribution in [-0.4, -0.2) is 23.7 Å². The molecule has 0 bridgehead atoms. The Morgan fingerprint density at radius 1 is 1.06 bits per heavy atom. The normalized spacial score (nSPS) is 13.0. The Morgan fingerprint density at radius 2 is 1.75 bits per heavy atom. The van der Waals surface area contributed by atoms with E-state index in [1.165, 1.54) is 12.1 Å². The van der Waals surface area contributed by atoms with Crippen LogP contribution < -0.4 is 10.1 Å². The average Bonchev–Trinajstić information content (AvgIpc) is 2.77. The third-order valence-electron chi connectivity index (χ3n) is 5.12. The molecule has 3 aromatic rings. The smallest absolute Gasteiger partial charge is 0.251 e. The van der Waals surface area contributed by atoms with Gasteiger partial charge in [-0.25, -0.2) is 4.39 Å². The van der Waals surface area contributed by atoms with Crippen LogP contribution in [0.2, 0.25) is 10.0 Å². The molecule has 0 aromatic heterocycles. The Bertz CT molecular complexity index is 1070. The van der Waals surface area contributed by atoms with Gasteiger partial charge in [-0.1, -0.05) is 67.4 Å². The second-order valence-corrected chi connectivity index (χ2v) is 8.57. The van der Waals surface area contributed by atoms with Crippen molar-refractivity contribution in [1.29, 1.82) is 0 Å². The van der Waals surface area contributed by atoms with Crippen LogP contribution in [0.25, 0.3) is 0 Å². The molecule has 0 aliphatic heterocycles. The third-order valence-corrected chi connectivity index (χ3v) is 5.71. The van der Waals surface area contributed by atoms with Crippen molar-refractivity contribution >= 4 is 29.1 Å². The lowest BCUT2D eigenvalue weighted by molar-refractivity contribution is 0.0896. The number of hydrogen-bond acceptors (Lipinski definition) is 3. The van der Waals surface area contributed by atoms with E-state index in [0.717, 1.165) is 11.6 Å². The maximum atomic E-state index is 14.9. The summed E-state index contributed by atoms with van der Waals surface area (Å²) in [5.74, 6) is -1.14. The Balaban J connectivity index is 1.89. The second kappa shape index (κ2) is 10.8. The number of nitrogens with one attached hydrogen (secondary N) is 1. The third kappa shape index (κ3) is 5.80. The van der Waals surface area contributed by atoms with Crippen LogP contribution in [0, 0.1) is 11.7 Å². The number of carbonyl (C=O) groups is 1. The monoisotopic (exact) mass is 475 g/mol. The highest BCUT2D eigenvalue weighted by Gasteiger charge is 2.22. The summed E-state index contributed by atoms with van der Waals surface area (Å²) in [5.41, 5.74) is 1.54. The van der Waals surface area contributed by atoms with Gasteiger partial charge in [0.2, 0.25) is 0 Å². The number of amides is 1. The van der Waals surface area contributed by atoms with Gasteiger partial charge < -0.3 is 15.2 Å². The summed E-state index contributed by atoms with van der Waals surface area (Å²) in [6.07, 6.45) is -0.685. The van der Waals surface area contributed by atoms with E-state index in [9.17, 15) is 14.3 Å². The number of ether oxygens (including phenoxy) is 1. The minimum Gasteiger partial charge on any atom is -0.478 e. The minimum atomic E-state index is -0.686. The van der Waals surface area contributed by atoms with E-state index < -0.39 is 23.9 Å². The lowest BCUT2D eigenvalue weighted by Crippen LogP contribution is -2.41. The van der Waals surface area contributed by atoms with Crippen LogP contribution in [0.4, 0.5) is 4.39 Å². The quantitative estimate of drug-likeness (QED) is 0.416. The number of hydrogen-bond donors (Lipinski definition) is 2. The van der Waals surface area contributed by atoms with E-state index in [-0.39, 0.29) is 23.8 Å². The predicted octanol–water partition coefficient (Wildman–Crippen LogP) is 6.05. The van der Waals surface area contributed by atoms with E-state index >= 15 is 0 Å². The first kappa shape index (κ1) is 24.1. The fourth-order valence-corrected chi connectivity index (χ4v) is 3.54. The van der Waals surface area contributed by atoms with Gasteiger partial charge in [0.1, 0.15) is 0 Å². The zero-order valence-corrected chi connectivity index (χ0v) is 19.2. The number of aliphatic hydroxyl groups excluding tert-OH is 1. The van der Waals surface area contributed by atoms with E-state index in [1.54, 1.807) is 36.4 Å². The number of benzene rings is 3. The summed E-state index contributed by atoms with van der Waals surface area (Å²) in [4.78, 5) is 12.5. The Kier molecular flexibility index (Phi) is 8.13. The van der Waals surface area contributed by atoms with Crippen LogP contribution >= 0.6 is 23.2 Å².